The van der Waals surface area contributed by atoms with Crippen LogP contribution in [0.1, 0.15) is 6.42 Å². The van der Waals surface area contributed by atoms with Crippen LogP contribution in [-0.4, -0.2) is 30.3 Å². The van der Waals surface area contributed by atoms with Gasteiger partial charge in [0.1, 0.15) is 0 Å². The largest absolute Gasteiger partial charge is 0.381 e. The first-order valence-electron chi connectivity index (χ1n) is 3.33. The first-order valence-corrected chi connectivity index (χ1v) is 4.82. The first kappa shape index (κ1) is 8.17. The molecule has 0 aromatic rings. The predicted molar refractivity (Wildman–Crippen MR) is 38.9 cm³/mol. The van der Waals surface area contributed by atoms with Crippen molar-refractivity contribution in [3.63, 3.8) is 0 Å². The molecule has 1 heterocycles. The fourth-order valence-corrected chi connectivity index (χ4v) is 1.29. The Morgan fingerprint density at radius 3 is 3.10 bits per heavy atom. The lowest BCUT2D eigenvalue weighted by molar-refractivity contribution is 0.171. The molecule has 3 nitrogen and oxygen atoms in total. The molecule has 0 bridgehead atoms. The molecule has 10 heavy (non-hydrogen) atoms. The Labute approximate surface area is 63.4 Å². The summed E-state index contributed by atoms with van der Waals surface area (Å²) in [4.78, 5) is 0. The van der Waals surface area contributed by atoms with Gasteiger partial charge < -0.3 is 4.74 Å². The van der Waals surface area contributed by atoms with Crippen LogP contribution in [0.2, 0.25) is 0 Å². The molecule has 0 N–H and O–H groups in total. The molecule has 60 valence electrons. The van der Waals surface area contributed by atoms with Crippen LogP contribution in [0.4, 0.5) is 0 Å². The molecular weight excluding hydrogens is 152 g/mol. The van der Waals surface area contributed by atoms with Crippen LogP contribution in [0.3, 0.4) is 0 Å². The minimum absolute atomic E-state index is 0.462. The monoisotopic (exact) mass is 164 g/mol. The van der Waals surface area contributed by atoms with Crippen LogP contribution in [0, 0.1) is 5.92 Å². The Bertz CT molecular complexity index is 120. The SMILES string of the molecule is CS(=O)OCC1CCOC1. The van der Waals surface area contributed by atoms with Gasteiger partial charge in [-0.15, -0.1) is 0 Å². The molecule has 2 atom stereocenters. The van der Waals surface area contributed by atoms with Crippen molar-refractivity contribution in [2.24, 2.45) is 5.92 Å². The summed E-state index contributed by atoms with van der Waals surface area (Å²) in [5.41, 5.74) is 0. The maximum absolute atomic E-state index is 10.4. The van der Waals surface area contributed by atoms with E-state index in [0.29, 0.717) is 12.5 Å². The van der Waals surface area contributed by atoms with Crippen LogP contribution < -0.4 is 0 Å². The van der Waals surface area contributed by atoms with Gasteiger partial charge in [-0.05, 0) is 6.42 Å². The standard InChI is InChI=1S/C6H12O3S/c1-10(7)9-5-6-2-3-8-4-6/h6H,2-5H2,1H3. The van der Waals surface area contributed by atoms with Gasteiger partial charge in [-0.2, -0.15) is 0 Å². The summed E-state index contributed by atoms with van der Waals surface area (Å²) >= 11 is -1.12. The molecule has 1 saturated heterocycles. The molecule has 1 rings (SSSR count). The van der Waals surface area contributed by atoms with Crippen molar-refractivity contribution in [2.45, 2.75) is 6.42 Å². The van der Waals surface area contributed by atoms with E-state index in [0.717, 1.165) is 19.6 Å². The summed E-state index contributed by atoms with van der Waals surface area (Å²) in [5.74, 6) is 0.462. The summed E-state index contributed by atoms with van der Waals surface area (Å²) in [7, 11) is 0. The van der Waals surface area contributed by atoms with Crippen molar-refractivity contribution >= 4 is 11.1 Å². The maximum atomic E-state index is 10.4. The lowest BCUT2D eigenvalue weighted by atomic mass is 10.1. The van der Waals surface area contributed by atoms with Gasteiger partial charge in [-0.3, -0.25) is 4.18 Å². The second-order valence-electron chi connectivity index (χ2n) is 2.42. The summed E-state index contributed by atoms with van der Waals surface area (Å²) < 4.78 is 20.5. The molecule has 0 spiro atoms. The highest BCUT2D eigenvalue weighted by Crippen LogP contribution is 2.12. The fraction of sp³-hybridized carbons (Fsp3) is 1.00. The Balaban J connectivity index is 2.07. The van der Waals surface area contributed by atoms with Gasteiger partial charge in [-0.1, -0.05) is 0 Å². The highest BCUT2D eigenvalue weighted by atomic mass is 32.2. The first-order chi connectivity index (χ1) is 4.79. The Morgan fingerprint density at radius 2 is 2.60 bits per heavy atom. The zero-order valence-electron chi connectivity index (χ0n) is 6.04. The van der Waals surface area contributed by atoms with Gasteiger partial charge in [0.25, 0.3) is 0 Å². The van der Waals surface area contributed by atoms with Crippen molar-refractivity contribution in [3.05, 3.63) is 0 Å². The molecule has 1 fully saturated rings. The number of ether oxygens (including phenoxy) is 1. The van der Waals surface area contributed by atoms with E-state index in [1.165, 1.54) is 6.26 Å². The van der Waals surface area contributed by atoms with E-state index in [1.54, 1.807) is 0 Å². The second kappa shape index (κ2) is 4.05. The average molecular weight is 164 g/mol. The smallest absolute Gasteiger partial charge is 0.152 e. The molecule has 0 amide bonds. The molecule has 0 aromatic heterocycles. The fourth-order valence-electron chi connectivity index (χ4n) is 0.907. The summed E-state index contributed by atoms with van der Waals surface area (Å²) in [6, 6.07) is 0. The summed E-state index contributed by atoms with van der Waals surface area (Å²) in [5, 5.41) is 0. The van der Waals surface area contributed by atoms with Gasteiger partial charge >= 0.3 is 0 Å². The third kappa shape index (κ3) is 2.77. The van der Waals surface area contributed by atoms with Crippen LogP contribution >= 0.6 is 0 Å². The Kier molecular flexibility index (Phi) is 3.31. The number of rotatable bonds is 3. The zero-order valence-corrected chi connectivity index (χ0v) is 6.86. The van der Waals surface area contributed by atoms with Crippen molar-refractivity contribution < 1.29 is 13.1 Å². The summed E-state index contributed by atoms with van der Waals surface area (Å²) in [6.07, 6.45) is 2.58. The van der Waals surface area contributed by atoms with Crippen LogP contribution in [0.15, 0.2) is 0 Å². The minimum atomic E-state index is -1.12. The van der Waals surface area contributed by atoms with Gasteiger partial charge in [0.15, 0.2) is 11.1 Å². The number of hydrogen-bond acceptors (Lipinski definition) is 3. The van der Waals surface area contributed by atoms with Crippen molar-refractivity contribution in [2.75, 3.05) is 26.1 Å². The molecule has 4 heteroatoms. The van der Waals surface area contributed by atoms with Crippen LogP contribution in [-0.2, 0) is 20.0 Å². The van der Waals surface area contributed by atoms with E-state index < -0.39 is 11.1 Å². The van der Waals surface area contributed by atoms with Crippen LogP contribution in [0.25, 0.3) is 0 Å². The Hall–Kier alpha value is 0.0700. The minimum Gasteiger partial charge on any atom is -0.381 e. The van der Waals surface area contributed by atoms with Crippen LogP contribution in [0.5, 0.6) is 0 Å². The molecule has 0 saturated carbocycles. The third-order valence-electron chi connectivity index (χ3n) is 1.49. The van der Waals surface area contributed by atoms with E-state index in [1.807, 2.05) is 0 Å². The lowest BCUT2D eigenvalue weighted by Crippen LogP contribution is -2.09. The van der Waals surface area contributed by atoms with Gasteiger partial charge in [0.05, 0.1) is 13.2 Å². The highest BCUT2D eigenvalue weighted by Gasteiger charge is 2.15. The number of hydrogen-bond donors (Lipinski definition) is 0. The quantitative estimate of drug-likeness (QED) is 0.603. The molecule has 0 aromatic carbocycles. The van der Waals surface area contributed by atoms with Gasteiger partial charge in [0.2, 0.25) is 0 Å². The average Bonchev–Trinajstić information content (AvgIpc) is 2.34. The van der Waals surface area contributed by atoms with E-state index in [2.05, 4.69) is 0 Å². The van der Waals surface area contributed by atoms with E-state index in [9.17, 15) is 4.21 Å². The van der Waals surface area contributed by atoms with E-state index >= 15 is 0 Å². The zero-order chi connectivity index (χ0) is 7.40. The van der Waals surface area contributed by atoms with E-state index in [4.69, 9.17) is 8.92 Å². The second-order valence-corrected chi connectivity index (χ2v) is 3.45. The van der Waals surface area contributed by atoms with E-state index in [-0.39, 0.29) is 0 Å². The van der Waals surface area contributed by atoms with Crippen molar-refractivity contribution in [1.82, 2.24) is 0 Å². The van der Waals surface area contributed by atoms with Crippen molar-refractivity contribution in [1.29, 1.82) is 0 Å². The normalized spacial score (nSPS) is 28.7. The molecule has 0 aliphatic carbocycles. The highest BCUT2D eigenvalue weighted by molar-refractivity contribution is 7.79. The molecule has 1 aliphatic rings. The molecule has 0 radical (unpaired) electrons. The van der Waals surface area contributed by atoms with Gasteiger partial charge in [0, 0.05) is 18.8 Å². The summed E-state index contributed by atoms with van der Waals surface area (Å²) in [6.45, 7) is 2.16. The third-order valence-corrected chi connectivity index (χ3v) is 1.96. The van der Waals surface area contributed by atoms with Gasteiger partial charge in [-0.25, -0.2) is 4.21 Å². The molecule has 1 aliphatic heterocycles. The predicted octanol–water partition coefficient (Wildman–Crippen LogP) is 0.333. The molecule has 2 unspecified atom stereocenters. The lowest BCUT2D eigenvalue weighted by Gasteiger charge is -2.04. The maximum Gasteiger partial charge on any atom is 0.152 e. The van der Waals surface area contributed by atoms with Crippen molar-refractivity contribution in [3.8, 4) is 0 Å². The molecular formula is C6H12O3S. The Morgan fingerprint density at radius 1 is 1.80 bits per heavy atom. The topological polar surface area (TPSA) is 35.5 Å².